The van der Waals surface area contributed by atoms with Gasteiger partial charge >= 0.3 is 11.7 Å². The predicted molar refractivity (Wildman–Crippen MR) is 133 cm³/mol. The zero-order valence-electron chi connectivity index (χ0n) is 20.1. The molecule has 8 nitrogen and oxygen atoms in total. The molecule has 1 unspecified atom stereocenters. The quantitative estimate of drug-likeness (QED) is 0.508. The molecule has 0 spiro atoms. The minimum absolute atomic E-state index is 0.170. The fourth-order valence-electron chi connectivity index (χ4n) is 5.73. The van der Waals surface area contributed by atoms with Crippen LogP contribution in [0.15, 0.2) is 46.0 Å². The summed E-state index contributed by atoms with van der Waals surface area (Å²) in [5.74, 6) is 1.34. The van der Waals surface area contributed by atoms with Crippen molar-refractivity contribution in [3.05, 3.63) is 73.9 Å². The Labute approximate surface area is 203 Å². The molecule has 2 aromatic carbocycles. The summed E-state index contributed by atoms with van der Waals surface area (Å²) in [7, 11) is 1.71. The van der Waals surface area contributed by atoms with Crippen LogP contribution in [0.25, 0.3) is 10.9 Å². The van der Waals surface area contributed by atoms with Gasteiger partial charge in [0.25, 0.3) is 5.56 Å². The number of nitrogens with zero attached hydrogens (tertiary/aromatic N) is 1. The van der Waals surface area contributed by atoms with Crippen molar-refractivity contribution < 1.29 is 14.3 Å². The van der Waals surface area contributed by atoms with Crippen molar-refractivity contribution in [3.8, 4) is 5.75 Å². The van der Waals surface area contributed by atoms with Crippen molar-refractivity contribution in [3.63, 3.8) is 0 Å². The molecule has 3 atom stereocenters. The second kappa shape index (κ2) is 9.70. The second-order valence-corrected chi connectivity index (χ2v) is 9.44. The molecule has 0 amide bonds. The molecule has 8 heteroatoms. The third-order valence-corrected chi connectivity index (χ3v) is 7.42. The van der Waals surface area contributed by atoms with E-state index in [0.717, 1.165) is 31.6 Å². The van der Waals surface area contributed by atoms with Gasteiger partial charge < -0.3 is 19.8 Å². The van der Waals surface area contributed by atoms with Gasteiger partial charge in [0.2, 0.25) is 0 Å². The molecular formula is C27H31N3O5. The van der Waals surface area contributed by atoms with Gasteiger partial charge in [-0.2, -0.15) is 0 Å². The van der Waals surface area contributed by atoms with Crippen LogP contribution in [-0.4, -0.2) is 41.8 Å². The number of H-pyrrole nitrogens is 1. The zero-order chi connectivity index (χ0) is 24.5. The summed E-state index contributed by atoms with van der Waals surface area (Å²) in [5, 5.41) is 4.02. The molecule has 1 aliphatic heterocycles. The molecule has 184 valence electrons. The van der Waals surface area contributed by atoms with E-state index in [0.29, 0.717) is 47.9 Å². The van der Waals surface area contributed by atoms with Gasteiger partial charge in [0.1, 0.15) is 5.75 Å². The number of ether oxygens (including phenoxy) is 2. The van der Waals surface area contributed by atoms with E-state index in [4.69, 9.17) is 9.47 Å². The number of hydrogen-bond acceptors (Lipinski definition) is 6. The number of aromatic nitrogens is 2. The number of fused-ring (bicyclic) bond motifs is 4. The molecule has 1 saturated heterocycles. The van der Waals surface area contributed by atoms with Crippen molar-refractivity contribution in [2.24, 2.45) is 5.92 Å². The van der Waals surface area contributed by atoms with Crippen LogP contribution in [0.2, 0.25) is 0 Å². The summed E-state index contributed by atoms with van der Waals surface area (Å²) in [6.07, 6.45) is 3.49. The lowest BCUT2D eigenvalue weighted by Crippen LogP contribution is -2.38. The number of methoxy groups -OCH3 is 1. The van der Waals surface area contributed by atoms with E-state index in [1.54, 1.807) is 19.2 Å². The molecule has 1 fully saturated rings. The summed E-state index contributed by atoms with van der Waals surface area (Å²) in [6, 6.07) is 11.1. The van der Waals surface area contributed by atoms with E-state index >= 15 is 0 Å². The summed E-state index contributed by atoms with van der Waals surface area (Å²) in [5.41, 5.74) is 2.43. The number of carbonyl (C=O) groups is 1. The summed E-state index contributed by atoms with van der Waals surface area (Å²) in [4.78, 5) is 40.9. The fourth-order valence-corrected chi connectivity index (χ4v) is 5.73. The Morgan fingerprint density at radius 1 is 1.20 bits per heavy atom. The van der Waals surface area contributed by atoms with Gasteiger partial charge in [-0.3, -0.25) is 9.36 Å². The minimum Gasteiger partial charge on any atom is -0.496 e. The van der Waals surface area contributed by atoms with Crippen molar-refractivity contribution in [2.45, 2.75) is 51.1 Å². The van der Waals surface area contributed by atoms with Gasteiger partial charge in [0.05, 0.1) is 30.2 Å². The Morgan fingerprint density at radius 3 is 2.86 bits per heavy atom. The molecule has 2 heterocycles. The predicted octanol–water partition coefficient (Wildman–Crippen LogP) is 2.97. The highest BCUT2D eigenvalue weighted by Crippen LogP contribution is 2.45. The SMILES string of the molecule is CCCOC(=O)c1ccc2c(=O)n(CCC3NC[C@@H]4CCc5c(OC)cccc5[C@H]34)c(=O)[nH]c2c1. The van der Waals surface area contributed by atoms with Crippen molar-refractivity contribution in [2.75, 3.05) is 20.3 Å². The number of carbonyl (C=O) groups excluding carboxylic acids is 1. The van der Waals surface area contributed by atoms with Crippen LogP contribution >= 0.6 is 0 Å². The van der Waals surface area contributed by atoms with Gasteiger partial charge in [-0.25, -0.2) is 9.59 Å². The Kier molecular flexibility index (Phi) is 6.47. The number of benzene rings is 2. The van der Waals surface area contributed by atoms with Gasteiger partial charge in [0, 0.05) is 18.5 Å². The van der Waals surface area contributed by atoms with E-state index in [1.165, 1.54) is 21.8 Å². The number of hydrogen-bond donors (Lipinski definition) is 2. The third kappa shape index (κ3) is 4.27. The molecule has 1 aliphatic carbocycles. The average molecular weight is 478 g/mol. The number of nitrogens with one attached hydrogen (secondary N) is 2. The number of rotatable bonds is 7. The Balaban J connectivity index is 1.39. The summed E-state index contributed by atoms with van der Waals surface area (Å²) >= 11 is 0. The smallest absolute Gasteiger partial charge is 0.338 e. The zero-order valence-corrected chi connectivity index (χ0v) is 20.1. The average Bonchev–Trinajstić information content (AvgIpc) is 3.30. The van der Waals surface area contributed by atoms with E-state index in [1.807, 2.05) is 19.1 Å². The lowest BCUT2D eigenvalue weighted by molar-refractivity contribution is 0.0505. The van der Waals surface area contributed by atoms with Gasteiger partial charge in [-0.15, -0.1) is 0 Å². The van der Waals surface area contributed by atoms with Gasteiger partial charge in [-0.1, -0.05) is 19.1 Å². The van der Waals surface area contributed by atoms with Crippen molar-refractivity contribution in [1.82, 2.24) is 14.9 Å². The molecule has 0 saturated carbocycles. The molecule has 3 aromatic rings. The first-order chi connectivity index (χ1) is 17.0. The maximum Gasteiger partial charge on any atom is 0.338 e. The summed E-state index contributed by atoms with van der Waals surface area (Å²) in [6.45, 7) is 3.48. The highest BCUT2D eigenvalue weighted by atomic mass is 16.5. The van der Waals surface area contributed by atoms with E-state index < -0.39 is 11.7 Å². The molecule has 0 bridgehead atoms. The van der Waals surface area contributed by atoms with Crippen LogP contribution in [0.4, 0.5) is 0 Å². The van der Waals surface area contributed by atoms with Crippen LogP contribution in [-0.2, 0) is 17.7 Å². The summed E-state index contributed by atoms with van der Waals surface area (Å²) < 4.78 is 12.0. The van der Waals surface area contributed by atoms with Gasteiger partial charge in [0.15, 0.2) is 0 Å². The topological polar surface area (TPSA) is 102 Å². The first-order valence-electron chi connectivity index (χ1n) is 12.3. The molecule has 5 rings (SSSR count). The first kappa shape index (κ1) is 23.4. The highest BCUT2D eigenvalue weighted by molar-refractivity contribution is 5.94. The molecular weight excluding hydrogens is 446 g/mol. The lowest BCUT2D eigenvalue weighted by Gasteiger charge is -2.32. The Morgan fingerprint density at radius 2 is 2.06 bits per heavy atom. The lowest BCUT2D eigenvalue weighted by atomic mass is 9.73. The second-order valence-electron chi connectivity index (χ2n) is 9.44. The number of aromatic amines is 1. The normalized spacial score (nSPS) is 20.9. The molecule has 2 N–H and O–H groups in total. The highest BCUT2D eigenvalue weighted by Gasteiger charge is 2.40. The van der Waals surface area contributed by atoms with Crippen LogP contribution < -0.4 is 21.3 Å². The van der Waals surface area contributed by atoms with Crippen LogP contribution in [0, 0.1) is 5.92 Å². The van der Waals surface area contributed by atoms with Crippen LogP contribution in [0.3, 0.4) is 0 Å². The molecule has 2 aliphatic rings. The van der Waals surface area contributed by atoms with E-state index in [9.17, 15) is 14.4 Å². The molecule has 1 aromatic heterocycles. The third-order valence-electron chi connectivity index (χ3n) is 7.42. The Bertz CT molecular complexity index is 1380. The maximum atomic E-state index is 13.2. The van der Waals surface area contributed by atoms with Gasteiger partial charge in [-0.05, 0) is 73.5 Å². The van der Waals surface area contributed by atoms with Crippen LogP contribution in [0.1, 0.15) is 53.6 Å². The van der Waals surface area contributed by atoms with Crippen molar-refractivity contribution >= 4 is 16.9 Å². The first-order valence-corrected chi connectivity index (χ1v) is 12.3. The minimum atomic E-state index is -0.471. The van der Waals surface area contributed by atoms with E-state index in [-0.39, 0.29) is 11.6 Å². The fraction of sp³-hybridized carbons (Fsp3) is 0.444. The van der Waals surface area contributed by atoms with Crippen LogP contribution in [0.5, 0.6) is 5.75 Å². The largest absolute Gasteiger partial charge is 0.496 e. The van der Waals surface area contributed by atoms with E-state index in [2.05, 4.69) is 16.4 Å². The maximum absolute atomic E-state index is 13.2. The number of esters is 1. The molecule has 0 radical (unpaired) electrons. The standard InChI is InChI=1S/C27H31N3O5/c1-3-13-35-26(32)16-7-10-20-22(14-16)29-27(33)30(25(20)31)12-11-21-24-17(15-28-21)8-9-18-19(24)5-4-6-23(18)34-2/h4-7,10,14,17,21,24,28H,3,8-9,11-13,15H2,1-2H3,(H,29,33)/t17-,21?,24+/m0/s1. The van der Waals surface area contributed by atoms with Crippen molar-refractivity contribution in [1.29, 1.82) is 0 Å². The monoisotopic (exact) mass is 477 g/mol. The molecule has 35 heavy (non-hydrogen) atoms. The Hall–Kier alpha value is -3.39.